The minimum atomic E-state index is -0.465. The number of anilines is 2. The summed E-state index contributed by atoms with van der Waals surface area (Å²) < 4.78 is 1.45. The van der Waals surface area contributed by atoms with E-state index >= 15 is 0 Å². The average molecular weight is 387 g/mol. The maximum atomic E-state index is 11.0. The fourth-order valence-corrected chi connectivity index (χ4v) is 2.20. The first-order valence-electron chi connectivity index (χ1n) is 5.30. The average Bonchev–Trinajstić information content (AvgIpc) is 2.35. The van der Waals surface area contributed by atoms with Gasteiger partial charge in [-0.05, 0) is 40.5 Å². The van der Waals surface area contributed by atoms with Gasteiger partial charge < -0.3 is 5.32 Å². The minimum absolute atomic E-state index is 0.0752. The summed E-state index contributed by atoms with van der Waals surface area (Å²) in [5, 5.41) is 14.0. The smallest absolute Gasteiger partial charge is 0.312 e. The summed E-state index contributed by atoms with van der Waals surface area (Å²) in [7, 11) is 0. The molecule has 2 aromatic rings. The Bertz CT molecular complexity index is 647. The third-order valence-electron chi connectivity index (χ3n) is 2.48. The van der Waals surface area contributed by atoms with Crippen molar-refractivity contribution in [1.82, 2.24) is 4.98 Å². The minimum Gasteiger partial charge on any atom is -0.334 e. The molecule has 0 bridgehead atoms. The molecular weight excluding hydrogens is 378 g/mol. The number of benzene rings is 1. The number of nitrogens with one attached hydrogen (secondary N) is 1. The van der Waals surface area contributed by atoms with Crippen molar-refractivity contribution in [2.75, 3.05) is 5.32 Å². The zero-order valence-electron chi connectivity index (χ0n) is 9.85. The van der Waals surface area contributed by atoms with E-state index in [1.54, 1.807) is 0 Å². The molecule has 0 saturated heterocycles. The molecule has 0 spiro atoms. The van der Waals surface area contributed by atoms with Crippen LogP contribution in [0.3, 0.4) is 0 Å². The zero-order chi connectivity index (χ0) is 14.0. The molecule has 1 aromatic heterocycles. The summed E-state index contributed by atoms with van der Waals surface area (Å²) in [6.07, 6.45) is 1.52. The van der Waals surface area contributed by atoms with Gasteiger partial charge in [0.05, 0.1) is 4.92 Å². The van der Waals surface area contributed by atoms with Crippen molar-refractivity contribution in [2.24, 2.45) is 0 Å². The molecule has 1 aromatic carbocycles. The van der Waals surface area contributed by atoms with Gasteiger partial charge in [0.15, 0.2) is 0 Å². The summed E-state index contributed by atoms with van der Waals surface area (Å²) in [6, 6.07) is 7.09. The van der Waals surface area contributed by atoms with E-state index in [1.165, 1.54) is 12.3 Å². The maximum Gasteiger partial charge on any atom is 0.312 e. The largest absolute Gasteiger partial charge is 0.334 e. The maximum absolute atomic E-state index is 11.0. The molecule has 19 heavy (non-hydrogen) atoms. The number of rotatable bonds is 3. The number of aromatic nitrogens is 1. The zero-order valence-corrected chi connectivity index (χ0v) is 13.0. The highest BCUT2D eigenvalue weighted by molar-refractivity contribution is 9.10. The highest BCUT2D eigenvalue weighted by Gasteiger charge is 2.16. The van der Waals surface area contributed by atoms with Crippen molar-refractivity contribution in [3.63, 3.8) is 0 Å². The van der Waals surface area contributed by atoms with Gasteiger partial charge in [-0.15, -0.1) is 0 Å². The second-order valence-corrected chi connectivity index (χ2v) is 5.69. The Labute approximate surface area is 126 Å². The van der Waals surface area contributed by atoms with Gasteiger partial charge >= 0.3 is 5.69 Å². The van der Waals surface area contributed by atoms with Crippen LogP contribution in [0.15, 0.2) is 39.4 Å². The summed E-state index contributed by atoms with van der Waals surface area (Å²) >= 11 is 6.54. The molecule has 0 saturated carbocycles. The van der Waals surface area contributed by atoms with E-state index in [-0.39, 0.29) is 11.5 Å². The van der Waals surface area contributed by atoms with Crippen LogP contribution in [-0.2, 0) is 0 Å². The van der Waals surface area contributed by atoms with E-state index < -0.39 is 4.92 Å². The predicted molar refractivity (Wildman–Crippen MR) is 80.8 cm³/mol. The van der Waals surface area contributed by atoms with Gasteiger partial charge in [0, 0.05) is 26.9 Å². The van der Waals surface area contributed by atoms with Gasteiger partial charge in [-0.1, -0.05) is 22.0 Å². The van der Waals surface area contributed by atoms with E-state index in [1.807, 2.05) is 25.1 Å². The predicted octanol–water partition coefficient (Wildman–Crippen LogP) is 4.57. The lowest BCUT2D eigenvalue weighted by Crippen LogP contribution is -2.00. The van der Waals surface area contributed by atoms with Gasteiger partial charge in [-0.2, -0.15) is 0 Å². The van der Waals surface area contributed by atoms with Crippen molar-refractivity contribution in [1.29, 1.82) is 0 Å². The van der Waals surface area contributed by atoms with Gasteiger partial charge in [0.1, 0.15) is 0 Å². The molecular formula is C12H9Br2N3O2. The monoisotopic (exact) mass is 385 g/mol. The van der Waals surface area contributed by atoms with Crippen molar-refractivity contribution >= 4 is 49.1 Å². The topological polar surface area (TPSA) is 68.1 Å². The van der Waals surface area contributed by atoms with Crippen LogP contribution >= 0.6 is 31.9 Å². The molecule has 1 heterocycles. The van der Waals surface area contributed by atoms with Crippen LogP contribution in [0.25, 0.3) is 0 Å². The Morgan fingerprint density at radius 2 is 2.00 bits per heavy atom. The molecule has 7 heteroatoms. The molecule has 0 unspecified atom stereocenters. The Kier molecular flexibility index (Phi) is 4.16. The number of pyridine rings is 1. The second-order valence-electron chi connectivity index (χ2n) is 3.86. The van der Waals surface area contributed by atoms with Gasteiger partial charge in [0.25, 0.3) is 0 Å². The number of halogens is 2. The third-order valence-corrected chi connectivity index (χ3v) is 3.41. The van der Waals surface area contributed by atoms with Crippen LogP contribution in [0.4, 0.5) is 17.2 Å². The summed E-state index contributed by atoms with van der Waals surface area (Å²) in [4.78, 5) is 14.6. The lowest BCUT2D eigenvalue weighted by molar-refractivity contribution is -0.384. The highest BCUT2D eigenvalue weighted by Crippen LogP contribution is 2.30. The van der Waals surface area contributed by atoms with Crippen LogP contribution in [0.1, 0.15) is 5.56 Å². The molecule has 2 rings (SSSR count). The first-order valence-corrected chi connectivity index (χ1v) is 6.89. The number of nitrogens with zero attached hydrogens (tertiary/aromatic N) is 2. The summed E-state index contributed by atoms with van der Waals surface area (Å²) in [5.41, 5.74) is 1.67. The lowest BCUT2D eigenvalue weighted by Gasteiger charge is -2.09. The Morgan fingerprint density at radius 1 is 1.26 bits per heavy atom. The van der Waals surface area contributed by atoms with Crippen molar-refractivity contribution in [2.45, 2.75) is 6.92 Å². The van der Waals surface area contributed by atoms with Crippen molar-refractivity contribution in [3.8, 4) is 0 Å². The summed E-state index contributed by atoms with van der Waals surface area (Å²) in [6.45, 7) is 1.92. The van der Waals surface area contributed by atoms with Crippen LogP contribution in [0, 0.1) is 17.0 Å². The molecule has 5 nitrogen and oxygen atoms in total. The van der Waals surface area contributed by atoms with E-state index in [9.17, 15) is 10.1 Å². The molecule has 1 N–H and O–H groups in total. The Morgan fingerprint density at radius 3 is 2.68 bits per heavy atom. The fourth-order valence-electron chi connectivity index (χ4n) is 1.52. The summed E-state index contributed by atoms with van der Waals surface area (Å²) in [5.74, 6) is 0.217. The van der Waals surface area contributed by atoms with E-state index in [2.05, 4.69) is 42.2 Å². The fraction of sp³-hybridized carbons (Fsp3) is 0.0833. The van der Waals surface area contributed by atoms with Gasteiger partial charge in [0.2, 0.25) is 5.82 Å². The van der Waals surface area contributed by atoms with Crippen LogP contribution in [0.2, 0.25) is 0 Å². The van der Waals surface area contributed by atoms with Gasteiger partial charge in [-0.3, -0.25) is 10.1 Å². The van der Waals surface area contributed by atoms with Crippen LogP contribution in [0.5, 0.6) is 0 Å². The normalized spacial score (nSPS) is 10.3. The number of nitro groups is 1. The Balaban J connectivity index is 2.43. The first kappa shape index (κ1) is 14.0. The second kappa shape index (κ2) is 5.66. The molecule has 98 valence electrons. The lowest BCUT2D eigenvalue weighted by atomic mass is 10.2. The van der Waals surface area contributed by atoms with Crippen molar-refractivity contribution in [3.05, 3.63) is 55.1 Å². The molecule has 0 aliphatic carbocycles. The van der Waals surface area contributed by atoms with Gasteiger partial charge in [-0.25, -0.2) is 4.98 Å². The number of hydrogen-bond donors (Lipinski definition) is 1. The molecule has 0 aliphatic heterocycles. The first-order chi connectivity index (χ1) is 8.97. The quantitative estimate of drug-likeness (QED) is 0.619. The highest BCUT2D eigenvalue weighted by atomic mass is 79.9. The molecule has 0 atom stereocenters. The molecule has 0 aliphatic rings. The van der Waals surface area contributed by atoms with E-state index in [0.29, 0.717) is 4.47 Å². The van der Waals surface area contributed by atoms with Crippen molar-refractivity contribution < 1.29 is 4.92 Å². The standard InChI is InChI=1S/C12H9Br2N3O2/c1-7-2-3-8(13)4-10(7)16-12-11(17(18)19)5-9(14)6-15-12/h2-6H,1H3,(H,15,16). The SMILES string of the molecule is Cc1ccc(Br)cc1Nc1ncc(Br)cc1[N+](=O)[O-]. The van der Waals surface area contributed by atoms with E-state index in [4.69, 9.17) is 0 Å². The van der Waals surface area contributed by atoms with Crippen LogP contribution in [-0.4, -0.2) is 9.91 Å². The number of hydrogen-bond acceptors (Lipinski definition) is 4. The third kappa shape index (κ3) is 3.30. The number of aryl methyl sites for hydroxylation is 1. The van der Waals surface area contributed by atoms with Crippen LogP contribution < -0.4 is 5.32 Å². The molecule has 0 fully saturated rings. The Hall–Kier alpha value is -1.47. The molecule has 0 radical (unpaired) electrons. The van der Waals surface area contributed by atoms with E-state index in [0.717, 1.165) is 15.7 Å². The molecule has 0 amide bonds.